The first-order chi connectivity index (χ1) is 9.60. The van der Waals surface area contributed by atoms with Crippen molar-refractivity contribution in [2.24, 2.45) is 0 Å². The molecule has 0 radical (unpaired) electrons. The second kappa shape index (κ2) is 5.71. The molecule has 1 heterocycles. The van der Waals surface area contributed by atoms with Gasteiger partial charge in [0.15, 0.2) is 5.76 Å². The third kappa shape index (κ3) is 3.03. The number of nitriles is 1. The summed E-state index contributed by atoms with van der Waals surface area (Å²) in [4.78, 5) is 22.4. The van der Waals surface area contributed by atoms with E-state index in [1.807, 2.05) is 6.07 Å². The number of amides is 1. The number of nitrogens with one attached hydrogen (secondary N) is 1. The fourth-order valence-electron chi connectivity index (χ4n) is 1.59. The van der Waals surface area contributed by atoms with Crippen LogP contribution >= 0.6 is 0 Å². The summed E-state index contributed by atoms with van der Waals surface area (Å²) >= 11 is 0. The summed E-state index contributed by atoms with van der Waals surface area (Å²) in [6, 6.07) is 9.97. The predicted octanol–water partition coefficient (Wildman–Crippen LogP) is 1.78. The molecular weight excluding hydrogens is 260 g/mol. The van der Waals surface area contributed by atoms with Gasteiger partial charge >= 0.3 is 5.97 Å². The van der Waals surface area contributed by atoms with Crippen LogP contribution < -0.4 is 5.32 Å². The Labute approximate surface area is 114 Å². The van der Waals surface area contributed by atoms with Gasteiger partial charge < -0.3 is 14.8 Å². The molecule has 2 N–H and O–H groups in total. The molecule has 0 unspecified atom stereocenters. The third-order valence-corrected chi connectivity index (χ3v) is 2.58. The van der Waals surface area contributed by atoms with Gasteiger partial charge in [0.25, 0.3) is 5.91 Å². The van der Waals surface area contributed by atoms with Gasteiger partial charge in [-0.25, -0.2) is 4.79 Å². The first-order valence-electron chi connectivity index (χ1n) is 5.69. The molecule has 0 aliphatic rings. The number of carbonyl (C=O) groups is 2. The first-order valence-corrected chi connectivity index (χ1v) is 5.69. The van der Waals surface area contributed by atoms with E-state index in [1.165, 1.54) is 0 Å². The van der Waals surface area contributed by atoms with E-state index in [0.29, 0.717) is 5.56 Å². The van der Waals surface area contributed by atoms with Gasteiger partial charge in [-0.2, -0.15) is 5.26 Å². The van der Waals surface area contributed by atoms with Gasteiger partial charge in [-0.15, -0.1) is 0 Å². The molecule has 0 aliphatic carbocycles. The summed E-state index contributed by atoms with van der Waals surface area (Å²) in [5.41, 5.74) is 1.19. The minimum Gasteiger partial charge on any atom is -0.478 e. The molecule has 0 aliphatic heterocycles. The van der Waals surface area contributed by atoms with Gasteiger partial charge in [-0.3, -0.25) is 4.79 Å². The summed E-state index contributed by atoms with van der Waals surface area (Å²) < 4.78 is 4.88. The average molecular weight is 270 g/mol. The van der Waals surface area contributed by atoms with E-state index in [0.717, 1.165) is 17.9 Å². The molecule has 6 heteroatoms. The zero-order valence-corrected chi connectivity index (χ0v) is 10.3. The number of hydrogen-bond donors (Lipinski definition) is 2. The first kappa shape index (κ1) is 13.4. The lowest BCUT2D eigenvalue weighted by Crippen LogP contribution is -2.22. The Morgan fingerprint density at radius 1 is 1.35 bits per heavy atom. The normalized spacial score (nSPS) is 9.75. The smallest absolute Gasteiger partial charge is 0.338 e. The highest BCUT2D eigenvalue weighted by Gasteiger charge is 2.14. The Kier molecular flexibility index (Phi) is 3.82. The summed E-state index contributed by atoms with van der Waals surface area (Å²) in [6.07, 6.45) is 1.01. The molecule has 0 saturated heterocycles. The van der Waals surface area contributed by atoms with E-state index < -0.39 is 11.9 Å². The second-order valence-electron chi connectivity index (χ2n) is 4.00. The summed E-state index contributed by atoms with van der Waals surface area (Å²) in [7, 11) is 0. The Bertz CT molecular complexity index is 697. The highest BCUT2D eigenvalue weighted by atomic mass is 16.4. The second-order valence-corrected chi connectivity index (χ2v) is 4.00. The van der Waals surface area contributed by atoms with Gasteiger partial charge in [-0.05, 0) is 17.7 Å². The highest BCUT2D eigenvalue weighted by Crippen LogP contribution is 2.09. The van der Waals surface area contributed by atoms with Crippen LogP contribution in [0.25, 0.3) is 0 Å². The van der Waals surface area contributed by atoms with Crippen LogP contribution in [0.1, 0.15) is 32.0 Å². The van der Waals surface area contributed by atoms with Crippen molar-refractivity contribution in [1.82, 2.24) is 5.32 Å². The fourth-order valence-corrected chi connectivity index (χ4v) is 1.59. The molecule has 1 amide bonds. The zero-order valence-electron chi connectivity index (χ0n) is 10.3. The maximum absolute atomic E-state index is 11.7. The van der Waals surface area contributed by atoms with E-state index >= 15 is 0 Å². The lowest BCUT2D eigenvalue weighted by atomic mass is 10.1. The minimum absolute atomic E-state index is 0.0705. The number of furan rings is 1. The van der Waals surface area contributed by atoms with Crippen molar-refractivity contribution in [2.45, 2.75) is 6.54 Å². The van der Waals surface area contributed by atoms with E-state index in [-0.39, 0.29) is 17.9 Å². The molecule has 1 aromatic carbocycles. The maximum atomic E-state index is 11.7. The summed E-state index contributed by atoms with van der Waals surface area (Å²) in [5.74, 6) is -1.74. The van der Waals surface area contributed by atoms with Gasteiger partial charge in [0.1, 0.15) is 6.26 Å². The molecule has 0 saturated carbocycles. The van der Waals surface area contributed by atoms with Crippen LogP contribution in [-0.4, -0.2) is 17.0 Å². The SMILES string of the molecule is N#Cc1cccc(CNC(=O)c2cc(C(=O)O)co2)c1. The number of benzene rings is 1. The number of nitrogens with zero attached hydrogens (tertiary/aromatic N) is 1. The van der Waals surface area contributed by atoms with E-state index in [2.05, 4.69) is 5.32 Å². The lowest BCUT2D eigenvalue weighted by molar-refractivity contribution is 0.0696. The molecule has 2 aromatic rings. The fraction of sp³-hybridized carbons (Fsp3) is 0.0714. The van der Waals surface area contributed by atoms with E-state index in [1.54, 1.807) is 24.3 Å². The number of carbonyl (C=O) groups excluding carboxylic acids is 1. The number of aromatic carboxylic acids is 1. The van der Waals surface area contributed by atoms with Crippen LogP contribution in [0.3, 0.4) is 0 Å². The molecule has 20 heavy (non-hydrogen) atoms. The zero-order chi connectivity index (χ0) is 14.5. The van der Waals surface area contributed by atoms with Crippen LogP contribution in [0.5, 0.6) is 0 Å². The van der Waals surface area contributed by atoms with Crippen molar-refractivity contribution in [3.8, 4) is 6.07 Å². The Balaban J connectivity index is 2.01. The average Bonchev–Trinajstić information content (AvgIpc) is 2.95. The molecule has 0 fully saturated rings. The van der Waals surface area contributed by atoms with Crippen molar-refractivity contribution < 1.29 is 19.1 Å². The molecular formula is C14H10N2O4. The van der Waals surface area contributed by atoms with Crippen molar-refractivity contribution >= 4 is 11.9 Å². The monoisotopic (exact) mass is 270 g/mol. The largest absolute Gasteiger partial charge is 0.478 e. The molecule has 0 bridgehead atoms. The predicted molar refractivity (Wildman–Crippen MR) is 68.0 cm³/mol. The van der Waals surface area contributed by atoms with Crippen molar-refractivity contribution in [1.29, 1.82) is 5.26 Å². The lowest BCUT2D eigenvalue weighted by Gasteiger charge is -2.03. The molecule has 0 atom stereocenters. The molecule has 100 valence electrons. The van der Waals surface area contributed by atoms with Gasteiger partial charge in [0.2, 0.25) is 0 Å². The third-order valence-electron chi connectivity index (χ3n) is 2.58. The summed E-state index contributed by atoms with van der Waals surface area (Å²) in [5, 5.41) is 20.1. The standard InChI is InChI=1S/C14H10N2O4/c15-6-9-2-1-3-10(4-9)7-16-13(17)12-5-11(8-20-12)14(18)19/h1-5,8H,7H2,(H,16,17)(H,18,19). The number of carboxylic acids is 1. The molecule has 0 spiro atoms. The Hall–Kier alpha value is -3.07. The van der Waals surface area contributed by atoms with E-state index in [9.17, 15) is 9.59 Å². The summed E-state index contributed by atoms with van der Waals surface area (Å²) in [6.45, 7) is 0.220. The molecule has 2 rings (SSSR count). The molecule has 1 aromatic heterocycles. The van der Waals surface area contributed by atoms with E-state index in [4.69, 9.17) is 14.8 Å². The van der Waals surface area contributed by atoms with Gasteiger partial charge in [-0.1, -0.05) is 12.1 Å². The Morgan fingerprint density at radius 3 is 2.80 bits per heavy atom. The maximum Gasteiger partial charge on any atom is 0.338 e. The molecule has 6 nitrogen and oxygen atoms in total. The topological polar surface area (TPSA) is 103 Å². The van der Waals surface area contributed by atoms with Crippen LogP contribution in [0.4, 0.5) is 0 Å². The van der Waals surface area contributed by atoms with Crippen LogP contribution in [0.15, 0.2) is 41.0 Å². The van der Waals surface area contributed by atoms with Gasteiger partial charge in [0.05, 0.1) is 17.2 Å². The van der Waals surface area contributed by atoms with Crippen LogP contribution in [0, 0.1) is 11.3 Å². The van der Waals surface area contributed by atoms with Crippen molar-refractivity contribution in [3.05, 3.63) is 59.0 Å². The minimum atomic E-state index is -1.16. The van der Waals surface area contributed by atoms with Gasteiger partial charge in [0, 0.05) is 12.6 Å². The van der Waals surface area contributed by atoms with Crippen molar-refractivity contribution in [3.63, 3.8) is 0 Å². The van der Waals surface area contributed by atoms with Crippen LogP contribution in [0.2, 0.25) is 0 Å². The quantitative estimate of drug-likeness (QED) is 0.881. The number of rotatable bonds is 4. The highest BCUT2D eigenvalue weighted by molar-refractivity contribution is 5.95. The Morgan fingerprint density at radius 2 is 2.15 bits per heavy atom. The number of carboxylic acid groups (broad SMARTS) is 1. The van der Waals surface area contributed by atoms with Crippen molar-refractivity contribution in [2.75, 3.05) is 0 Å². The number of hydrogen-bond acceptors (Lipinski definition) is 4. The van der Waals surface area contributed by atoms with Crippen LogP contribution in [-0.2, 0) is 6.54 Å².